The Labute approximate surface area is 162 Å². The van der Waals surface area contributed by atoms with Crippen LogP contribution >= 0.6 is 0 Å². The zero-order valence-electron chi connectivity index (χ0n) is 15.1. The lowest BCUT2D eigenvalue weighted by Gasteiger charge is -2.34. The molecule has 0 aliphatic carbocycles. The first-order valence-electron chi connectivity index (χ1n) is 8.95. The third-order valence-corrected chi connectivity index (χ3v) is 6.79. The number of sulfonamides is 1. The fraction of sp³-hybridized carbons (Fsp3) is 0.250. The van der Waals surface area contributed by atoms with Crippen molar-refractivity contribution in [3.05, 3.63) is 71.9 Å². The number of fused-ring (bicyclic) bond motifs is 1. The Morgan fingerprint density at radius 3 is 2.32 bits per heavy atom. The Morgan fingerprint density at radius 2 is 1.61 bits per heavy atom. The maximum atomic E-state index is 13.4. The standard InChI is InChI=1S/C20H19F2N3O2S/c21-17-11-18(22)13-19(12-17)28(26,27)25-9-7-24(8-10-25)14-16-4-1-3-15-5-2-6-23-20(15)16/h1-6,11-13H,7-10,14H2. The van der Waals surface area contributed by atoms with Gasteiger partial charge in [-0.15, -0.1) is 0 Å². The molecule has 28 heavy (non-hydrogen) atoms. The summed E-state index contributed by atoms with van der Waals surface area (Å²) in [5.74, 6) is -1.80. The molecule has 0 radical (unpaired) electrons. The van der Waals surface area contributed by atoms with Crippen LogP contribution in [-0.4, -0.2) is 48.8 Å². The summed E-state index contributed by atoms with van der Waals surface area (Å²) < 4.78 is 53.5. The first-order chi connectivity index (χ1) is 13.4. The number of hydrogen-bond acceptors (Lipinski definition) is 4. The van der Waals surface area contributed by atoms with Gasteiger partial charge in [-0.1, -0.05) is 24.3 Å². The average molecular weight is 403 g/mol. The smallest absolute Gasteiger partial charge is 0.243 e. The van der Waals surface area contributed by atoms with E-state index in [4.69, 9.17) is 0 Å². The molecule has 4 rings (SSSR count). The van der Waals surface area contributed by atoms with Crippen molar-refractivity contribution < 1.29 is 17.2 Å². The molecule has 0 bridgehead atoms. The molecule has 1 aliphatic rings. The van der Waals surface area contributed by atoms with Gasteiger partial charge in [0.1, 0.15) is 11.6 Å². The fourth-order valence-corrected chi connectivity index (χ4v) is 4.96. The number of hydrogen-bond donors (Lipinski definition) is 0. The van der Waals surface area contributed by atoms with Crippen molar-refractivity contribution in [1.82, 2.24) is 14.2 Å². The van der Waals surface area contributed by atoms with E-state index in [1.807, 2.05) is 30.3 Å². The number of para-hydroxylation sites is 1. The maximum Gasteiger partial charge on any atom is 0.243 e. The van der Waals surface area contributed by atoms with E-state index < -0.39 is 21.7 Å². The van der Waals surface area contributed by atoms with Crippen LogP contribution < -0.4 is 0 Å². The summed E-state index contributed by atoms with van der Waals surface area (Å²) in [6, 6.07) is 12.3. The summed E-state index contributed by atoms with van der Waals surface area (Å²) in [4.78, 5) is 6.26. The van der Waals surface area contributed by atoms with Gasteiger partial charge in [-0.3, -0.25) is 9.88 Å². The van der Waals surface area contributed by atoms with Gasteiger partial charge in [-0.25, -0.2) is 17.2 Å². The average Bonchev–Trinajstić information content (AvgIpc) is 2.68. The highest BCUT2D eigenvalue weighted by molar-refractivity contribution is 7.89. The van der Waals surface area contributed by atoms with E-state index in [2.05, 4.69) is 9.88 Å². The molecule has 1 aromatic heterocycles. The van der Waals surface area contributed by atoms with Gasteiger partial charge < -0.3 is 0 Å². The minimum Gasteiger partial charge on any atom is -0.296 e. The number of nitrogens with zero attached hydrogens (tertiary/aromatic N) is 3. The number of halogens is 2. The van der Waals surface area contributed by atoms with Crippen molar-refractivity contribution in [2.75, 3.05) is 26.2 Å². The van der Waals surface area contributed by atoms with Crippen LogP contribution in [0.25, 0.3) is 10.9 Å². The van der Waals surface area contributed by atoms with E-state index in [9.17, 15) is 17.2 Å². The van der Waals surface area contributed by atoms with Crippen LogP contribution in [0.15, 0.2) is 59.6 Å². The molecule has 0 N–H and O–H groups in total. The zero-order valence-corrected chi connectivity index (χ0v) is 15.9. The molecule has 3 aromatic rings. The fourth-order valence-electron chi connectivity index (χ4n) is 3.49. The quantitative estimate of drug-likeness (QED) is 0.672. The maximum absolute atomic E-state index is 13.4. The van der Waals surface area contributed by atoms with Gasteiger partial charge in [-0.05, 0) is 23.8 Å². The van der Waals surface area contributed by atoms with Crippen molar-refractivity contribution in [3.8, 4) is 0 Å². The Hall–Kier alpha value is -2.42. The summed E-state index contributed by atoms with van der Waals surface area (Å²) >= 11 is 0. The van der Waals surface area contributed by atoms with E-state index >= 15 is 0 Å². The van der Waals surface area contributed by atoms with Gasteiger partial charge in [-0.2, -0.15) is 4.31 Å². The largest absolute Gasteiger partial charge is 0.296 e. The van der Waals surface area contributed by atoms with Gasteiger partial charge in [0, 0.05) is 50.4 Å². The highest BCUT2D eigenvalue weighted by atomic mass is 32.2. The molecule has 2 aromatic carbocycles. The molecular formula is C20H19F2N3O2S. The van der Waals surface area contributed by atoms with Crippen LogP contribution in [0.4, 0.5) is 8.78 Å². The second-order valence-electron chi connectivity index (χ2n) is 6.78. The molecule has 2 heterocycles. The predicted molar refractivity (Wildman–Crippen MR) is 102 cm³/mol. The van der Waals surface area contributed by atoms with E-state index in [1.54, 1.807) is 6.20 Å². The van der Waals surface area contributed by atoms with Gasteiger partial charge >= 0.3 is 0 Å². The Morgan fingerprint density at radius 1 is 0.929 bits per heavy atom. The van der Waals surface area contributed by atoms with E-state index in [0.29, 0.717) is 25.7 Å². The van der Waals surface area contributed by atoms with Gasteiger partial charge in [0.2, 0.25) is 10.0 Å². The Kier molecular flexibility index (Phi) is 5.09. The van der Waals surface area contributed by atoms with Crippen LogP contribution in [0, 0.1) is 11.6 Å². The minimum atomic E-state index is -3.92. The first kappa shape index (κ1) is 18.9. The topological polar surface area (TPSA) is 53.5 Å². The summed E-state index contributed by atoms with van der Waals surface area (Å²) in [7, 11) is -3.92. The van der Waals surface area contributed by atoms with Crippen LogP contribution in [0.2, 0.25) is 0 Å². The lowest BCUT2D eigenvalue weighted by Crippen LogP contribution is -2.48. The summed E-state index contributed by atoms with van der Waals surface area (Å²) in [5.41, 5.74) is 2.02. The molecule has 1 saturated heterocycles. The number of benzene rings is 2. The van der Waals surface area contributed by atoms with Crippen molar-refractivity contribution in [2.24, 2.45) is 0 Å². The molecule has 0 spiro atoms. The van der Waals surface area contributed by atoms with Crippen LogP contribution in [0.3, 0.4) is 0 Å². The molecule has 1 aliphatic heterocycles. The highest BCUT2D eigenvalue weighted by Gasteiger charge is 2.29. The van der Waals surface area contributed by atoms with E-state index in [-0.39, 0.29) is 18.0 Å². The monoisotopic (exact) mass is 403 g/mol. The van der Waals surface area contributed by atoms with Crippen molar-refractivity contribution in [1.29, 1.82) is 0 Å². The van der Waals surface area contributed by atoms with Crippen LogP contribution in [0.1, 0.15) is 5.56 Å². The first-order valence-corrected chi connectivity index (χ1v) is 10.4. The summed E-state index contributed by atoms with van der Waals surface area (Å²) in [5, 5.41) is 1.06. The molecule has 0 atom stereocenters. The third-order valence-electron chi connectivity index (χ3n) is 4.92. The normalized spacial score (nSPS) is 16.5. The molecule has 8 heteroatoms. The summed E-state index contributed by atoms with van der Waals surface area (Å²) in [6.07, 6.45) is 1.76. The van der Waals surface area contributed by atoms with Crippen LogP contribution in [0.5, 0.6) is 0 Å². The van der Waals surface area contributed by atoms with Gasteiger partial charge in [0.15, 0.2) is 0 Å². The second kappa shape index (κ2) is 7.54. The number of piperazine rings is 1. The van der Waals surface area contributed by atoms with Crippen molar-refractivity contribution in [3.63, 3.8) is 0 Å². The third kappa shape index (κ3) is 3.76. The SMILES string of the molecule is O=S(=O)(c1cc(F)cc(F)c1)N1CCN(Cc2cccc3cccnc23)CC1. The number of aromatic nitrogens is 1. The Balaban J connectivity index is 1.47. The number of pyridine rings is 1. The lowest BCUT2D eigenvalue weighted by molar-refractivity contribution is 0.182. The molecule has 5 nitrogen and oxygen atoms in total. The van der Waals surface area contributed by atoms with Crippen LogP contribution in [-0.2, 0) is 16.6 Å². The zero-order chi connectivity index (χ0) is 19.7. The predicted octanol–water partition coefficient (Wildman–Crippen LogP) is 3.02. The van der Waals surface area contributed by atoms with E-state index in [0.717, 1.165) is 28.6 Å². The lowest BCUT2D eigenvalue weighted by atomic mass is 10.1. The molecule has 1 fully saturated rings. The molecule has 0 amide bonds. The van der Waals surface area contributed by atoms with Crippen molar-refractivity contribution in [2.45, 2.75) is 11.4 Å². The summed E-state index contributed by atoms with van der Waals surface area (Å²) in [6.45, 7) is 2.24. The number of rotatable bonds is 4. The minimum absolute atomic E-state index is 0.263. The molecular weight excluding hydrogens is 384 g/mol. The van der Waals surface area contributed by atoms with Crippen molar-refractivity contribution >= 4 is 20.9 Å². The van der Waals surface area contributed by atoms with Gasteiger partial charge in [0.05, 0.1) is 10.4 Å². The molecule has 0 unspecified atom stereocenters. The second-order valence-corrected chi connectivity index (χ2v) is 8.72. The Bertz CT molecular complexity index is 1090. The molecule has 0 saturated carbocycles. The van der Waals surface area contributed by atoms with E-state index in [1.165, 1.54) is 4.31 Å². The van der Waals surface area contributed by atoms with Gasteiger partial charge in [0.25, 0.3) is 0 Å². The highest BCUT2D eigenvalue weighted by Crippen LogP contribution is 2.22. The molecule has 146 valence electrons.